The molecule has 0 aliphatic heterocycles. The van der Waals surface area contributed by atoms with Crippen LogP contribution >= 0.6 is 11.8 Å². The lowest BCUT2D eigenvalue weighted by atomic mass is 10.1. The van der Waals surface area contributed by atoms with E-state index in [0.29, 0.717) is 0 Å². The molecule has 0 aromatic heterocycles. The van der Waals surface area contributed by atoms with E-state index in [1.807, 2.05) is 19.1 Å². The number of aryl methyl sites for hydroxylation is 1. The van der Waals surface area contributed by atoms with Gasteiger partial charge in [0.2, 0.25) is 0 Å². The summed E-state index contributed by atoms with van der Waals surface area (Å²) in [6.45, 7) is 4.07. The van der Waals surface area contributed by atoms with Crippen LogP contribution in [0, 0.1) is 6.92 Å². The van der Waals surface area contributed by atoms with Crippen LogP contribution in [0.1, 0.15) is 24.1 Å². The molecular weight excluding hydrogens is 254 g/mol. The van der Waals surface area contributed by atoms with E-state index in [2.05, 4.69) is 37.3 Å². The van der Waals surface area contributed by atoms with Crippen LogP contribution in [-0.4, -0.2) is 7.11 Å². The smallest absolute Gasteiger partial charge is 0.124 e. The van der Waals surface area contributed by atoms with Gasteiger partial charge >= 0.3 is 0 Å². The summed E-state index contributed by atoms with van der Waals surface area (Å²) >= 11 is 1.72. The van der Waals surface area contributed by atoms with Gasteiger partial charge in [-0.3, -0.25) is 0 Å². The van der Waals surface area contributed by atoms with Crippen molar-refractivity contribution in [1.29, 1.82) is 0 Å². The lowest BCUT2D eigenvalue weighted by molar-refractivity contribution is 0.405. The molecule has 0 radical (unpaired) electrons. The SMILES string of the molecule is COc1cccc(Sc2ccc(C)cc2)c1[C@H](C)N. The van der Waals surface area contributed by atoms with Crippen LogP contribution in [0.5, 0.6) is 5.75 Å². The van der Waals surface area contributed by atoms with Gasteiger partial charge in [-0.1, -0.05) is 35.5 Å². The zero-order valence-electron chi connectivity index (χ0n) is 11.5. The van der Waals surface area contributed by atoms with Gasteiger partial charge in [0, 0.05) is 21.4 Å². The second-order valence-electron chi connectivity index (χ2n) is 4.58. The van der Waals surface area contributed by atoms with Gasteiger partial charge in [-0.15, -0.1) is 0 Å². The molecular formula is C16H19NOS. The average Bonchev–Trinajstić information content (AvgIpc) is 2.40. The fourth-order valence-electron chi connectivity index (χ4n) is 1.97. The molecule has 0 aliphatic carbocycles. The van der Waals surface area contributed by atoms with Crippen molar-refractivity contribution < 1.29 is 4.74 Å². The molecule has 3 heteroatoms. The standard InChI is InChI=1S/C16H19NOS/c1-11-7-9-13(10-8-11)19-15-6-4-5-14(18-3)16(15)12(2)17/h4-10,12H,17H2,1-3H3/t12-/m0/s1. The molecule has 0 aliphatic rings. The molecule has 0 unspecified atom stereocenters. The Labute approximate surface area is 119 Å². The minimum atomic E-state index is -0.0518. The monoisotopic (exact) mass is 273 g/mol. The van der Waals surface area contributed by atoms with Crippen molar-refractivity contribution in [2.45, 2.75) is 29.7 Å². The highest BCUT2D eigenvalue weighted by molar-refractivity contribution is 7.99. The van der Waals surface area contributed by atoms with E-state index in [0.717, 1.165) is 16.2 Å². The quantitative estimate of drug-likeness (QED) is 0.908. The molecule has 0 saturated carbocycles. The maximum absolute atomic E-state index is 6.08. The van der Waals surface area contributed by atoms with Crippen LogP contribution in [-0.2, 0) is 0 Å². The van der Waals surface area contributed by atoms with E-state index in [4.69, 9.17) is 10.5 Å². The van der Waals surface area contributed by atoms with Crippen molar-refractivity contribution in [3.8, 4) is 5.75 Å². The second kappa shape index (κ2) is 6.13. The normalized spacial score (nSPS) is 12.2. The predicted molar refractivity (Wildman–Crippen MR) is 80.9 cm³/mol. The zero-order chi connectivity index (χ0) is 13.8. The van der Waals surface area contributed by atoms with Gasteiger partial charge < -0.3 is 10.5 Å². The number of hydrogen-bond donors (Lipinski definition) is 1. The topological polar surface area (TPSA) is 35.2 Å². The lowest BCUT2D eigenvalue weighted by Gasteiger charge is -2.16. The first-order valence-electron chi connectivity index (χ1n) is 6.29. The van der Waals surface area contributed by atoms with Crippen molar-refractivity contribution in [1.82, 2.24) is 0 Å². The van der Waals surface area contributed by atoms with E-state index >= 15 is 0 Å². The summed E-state index contributed by atoms with van der Waals surface area (Å²) in [6, 6.07) is 14.5. The lowest BCUT2D eigenvalue weighted by Crippen LogP contribution is -2.08. The van der Waals surface area contributed by atoms with E-state index in [1.54, 1.807) is 18.9 Å². The Kier molecular flexibility index (Phi) is 4.51. The first-order valence-corrected chi connectivity index (χ1v) is 7.10. The summed E-state index contributed by atoms with van der Waals surface area (Å²) in [6.07, 6.45) is 0. The highest BCUT2D eigenvalue weighted by atomic mass is 32.2. The third kappa shape index (κ3) is 3.31. The third-order valence-corrected chi connectivity index (χ3v) is 4.03. The Bertz CT molecular complexity index is 549. The molecule has 2 aromatic rings. The summed E-state index contributed by atoms with van der Waals surface area (Å²) in [4.78, 5) is 2.36. The number of rotatable bonds is 4. The van der Waals surface area contributed by atoms with Crippen molar-refractivity contribution in [3.05, 3.63) is 53.6 Å². The van der Waals surface area contributed by atoms with Crippen LogP contribution in [0.3, 0.4) is 0 Å². The van der Waals surface area contributed by atoms with Gasteiger partial charge in [0.1, 0.15) is 5.75 Å². The van der Waals surface area contributed by atoms with E-state index in [1.165, 1.54) is 10.5 Å². The van der Waals surface area contributed by atoms with Crippen LogP contribution < -0.4 is 10.5 Å². The van der Waals surface area contributed by atoms with Crippen LogP contribution in [0.2, 0.25) is 0 Å². The van der Waals surface area contributed by atoms with Gasteiger partial charge in [0.15, 0.2) is 0 Å². The molecule has 2 N–H and O–H groups in total. The number of nitrogens with two attached hydrogens (primary N) is 1. The molecule has 1 atom stereocenters. The molecule has 19 heavy (non-hydrogen) atoms. The van der Waals surface area contributed by atoms with Gasteiger partial charge in [0.25, 0.3) is 0 Å². The van der Waals surface area contributed by atoms with Crippen molar-refractivity contribution in [3.63, 3.8) is 0 Å². The van der Waals surface area contributed by atoms with Gasteiger partial charge in [-0.2, -0.15) is 0 Å². The minimum absolute atomic E-state index is 0.0518. The van der Waals surface area contributed by atoms with Crippen molar-refractivity contribution in [2.75, 3.05) is 7.11 Å². The molecule has 2 rings (SSSR count). The van der Waals surface area contributed by atoms with Crippen molar-refractivity contribution >= 4 is 11.8 Å². The maximum atomic E-state index is 6.08. The molecule has 0 amide bonds. The Morgan fingerprint density at radius 2 is 1.79 bits per heavy atom. The first-order chi connectivity index (χ1) is 9.11. The molecule has 0 saturated heterocycles. The molecule has 0 fully saturated rings. The van der Waals surface area contributed by atoms with E-state index in [-0.39, 0.29) is 6.04 Å². The van der Waals surface area contributed by atoms with Gasteiger partial charge in [-0.05, 0) is 38.1 Å². The molecule has 0 spiro atoms. The summed E-state index contributed by atoms with van der Waals surface area (Å²) in [7, 11) is 1.68. The maximum Gasteiger partial charge on any atom is 0.124 e. The third-order valence-electron chi connectivity index (χ3n) is 2.95. The fraction of sp³-hybridized carbons (Fsp3) is 0.250. The Morgan fingerprint density at radius 1 is 1.11 bits per heavy atom. The first kappa shape index (κ1) is 14.0. The van der Waals surface area contributed by atoms with Crippen LogP contribution in [0.4, 0.5) is 0 Å². The zero-order valence-corrected chi connectivity index (χ0v) is 12.3. The molecule has 2 aromatic carbocycles. The highest BCUT2D eigenvalue weighted by Gasteiger charge is 2.13. The van der Waals surface area contributed by atoms with Crippen LogP contribution in [0.25, 0.3) is 0 Å². The van der Waals surface area contributed by atoms with Gasteiger partial charge in [0.05, 0.1) is 7.11 Å². The number of methoxy groups -OCH3 is 1. The molecule has 0 heterocycles. The minimum Gasteiger partial charge on any atom is -0.496 e. The van der Waals surface area contributed by atoms with E-state index in [9.17, 15) is 0 Å². The summed E-state index contributed by atoms with van der Waals surface area (Å²) in [5.41, 5.74) is 8.41. The average molecular weight is 273 g/mol. The van der Waals surface area contributed by atoms with E-state index < -0.39 is 0 Å². The second-order valence-corrected chi connectivity index (χ2v) is 5.69. The Morgan fingerprint density at radius 3 is 2.37 bits per heavy atom. The predicted octanol–water partition coefficient (Wildman–Crippen LogP) is 4.17. The number of ether oxygens (including phenoxy) is 1. The number of hydrogen-bond acceptors (Lipinski definition) is 3. The summed E-state index contributed by atoms with van der Waals surface area (Å²) in [5.74, 6) is 0.854. The van der Waals surface area contributed by atoms with Gasteiger partial charge in [-0.25, -0.2) is 0 Å². The number of benzene rings is 2. The summed E-state index contributed by atoms with van der Waals surface area (Å²) < 4.78 is 5.41. The molecule has 0 bridgehead atoms. The van der Waals surface area contributed by atoms with Crippen LogP contribution in [0.15, 0.2) is 52.3 Å². The molecule has 100 valence electrons. The largest absolute Gasteiger partial charge is 0.496 e. The van der Waals surface area contributed by atoms with Crippen molar-refractivity contribution in [2.24, 2.45) is 5.73 Å². The summed E-state index contributed by atoms with van der Waals surface area (Å²) in [5, 5.41) is 0. The Balaban J connectivity index is 2.36. The molecule has 2 nitrogen and oxygen atoms in total. The Hall–Kier alpha value is -1.45. The highest BCUT2D eigenvalue weighted by Crippen LogP contribution is 2.37. The fourth-order valence-corrected chi connectivity index (χ4v) is 3.04.